The molecule has 0 atom stereocenters. The Bertz CT molecular complexity index is 528. The van der Waals surface area contributed by atoms with Crippen LogP contribution in [-0.4, -0.2) is 62.6 Å². The molecule has 3 rings (SSSR count). The molecule has 2 N–H and O–H groups in total. The van der Waals surface area contributed by atoms with Gasteiger partial charge in [0.1, 0.15) is 18.8 Å². The molecule has 132 valence electrons. The largest absolute Gasteiger partial charge is 0.497 e. The Morgan fingerprint density at radius 3 is 2.62 bits per heavy atom. The average Bonchev–Trinajstić information content (AvgIpc) is 3.46. The molecule has 2 fully saturated rings. The third kappa shape index (κ3) is 5.06. The number of hydrogen-bond donors (Lipinski definition) is 2. The first kappa shape index (κ1) is 17.5. The zero-order valence-corrected chi connectivity index (χ0v) is 15.2. The van der Waals surface area contributed by atoms with E-state index in [-0.39, 0.29) is 0 Å². The van der Waals surface area contributed by atoms with Crippen LogP contribution < -0.4 is 15.0 Å². The van der Waals surface area contributed by atoms with Crippen molar-refractivity contribution in [1.29, 1.82) is 0 Å². The highest BCUT2D eigenvalue weighted by Crippen LogP contribution is 2.28. The van der Waals surface area contributed by atoms with Crippen LogP contribution in [0.15, 0.2) is 24.3 Å². The van der Waals surface area contributed by atoms with Crippen molar-refractivity contribution in [2.75, 3.05) is 46.5 Å². The molecule has 6 heteroatoms. The van der Waals surface area contributed by atoms with E-state index in [9.17, 15) is 0 Å². The van der Waals surface area contributed by atoms with Gasteiger partial charge >= 0.3 is 0 Å². The maximum atomic E-state index is 5.66. The van der Waals surface area contributed by atoms with Gasteiger partial charge in [-0.1, -0.05) is 12.1 Å². The number of rotatable bonds is 7. The third-order valence-electron chi connectivity index (χ3n) is 4.72. The van der Waals surface area contributed by atoms with Crippen molar-refractivity contribution < 1.29 is 14.4 Å². The topological polar surface area (TPSA) is 38.2 Å². The van der Waals surface area contributed by atoms with Gasteiger partial charge in [0.2, 0.25) is 0 Å². The van der Waals surface area contributed by atoms with Gasteiger partial charge in [-0.25, -0.2) is 0 Å². The van der Waals surface area contributed by atoms with Crippen molar-refractivity contribution >= 4 is 17.3 Å². The van der Waals surface area contributed by atoms with Gasteiger partial charge in [0.05, 0.1) is 33.4 Å². The van der Waals surface area contributed by atoms with E-state index in [1.807, 2.05) is 12.1 Å². The number of nitrogens with zero attached hydrogens (tertiary/aromatic N) is 1. The second kappa shape index (κ2) is 8.65. The quantitative estimate of drug-likeness (QED) is 0.699. The predicted molar refractivity (Wildman–Crippen MR) is 98.5 cm³/mol. The van der Waals surface area contributed by atoms with Crippen molar-refractivity contribution in [2.24, 2.45) is 0 Å². The molecule has 1 heterocycles. The van der Waals surface area contributed by atoms with E-state index in [1.54, 1.807) is 12.0 Å². The first-order valence-corrected chi connectivity index (χ1v) is 9.26. The maximum Gasteiger partial charge on any atom is 0.169 e. The lowest BCUT2D eigenvalue weighted by atomic mass is 10.2. The standard InChI is InChI=1S/C18H27N3O2S/c1-22-17-6-2-15(3-7-17)14-21(16-4-5-16)18(24)19-8-9-20-10-12-23-13-11-20/h2-3,6-7,16H,4-5,8-14H2,1H3,(H,19,24)/p+1. The van der Waals surface area contributed by atoms with Crippen LogP contribution in [0.5, 0.6) is 5.75 Å². The molecular formula is C18H28N3O2S+. The second-order valence-corrected chi connectivity index (χ2v) is 6.94. The molecular weight excluding hydrogens is 322 g/mol. The van der Waals surface area contributed by atoms with Gasteiger partial charge in [0.25, 0.3) is 0 Å². The fourth-order valence-corrected chi connectivity index (χ4v) is 3.35. The molecule has 1 aromatic carbocycles. The first-order chi connectivity index (χ1) is 11.8. The summed E-state index contributed by atoms with van der Waals surface area (Å²) in [5, 5.41) is 4.36. The van der Waals surface area contributed by atoms with E-state index >= 15 is 0 Å². The second-order valence-electron chi connectivity index (χ2n) is 6.55. The van der Waals surface area contributed by atoms with Crippen LogP contribution in [-0.2, 0) is 11.3 Å². The fourth-order valence-electron chi connectivity index (χ4n) is 3.04. The Morgan fingerprint density at radius 2 is 2.00 bits per heavy atom. The van der Waals surface area contributed by atoms with Crippen LogP contribution in [0.4, 0.5) is 0 Å². The minimum Gasteiger partial charge on any atom is -0.497 e. The van der Waals surface area contributed by atoms with E-state index in [4.69, 9.17) is 21.7 Å². The Labute approximate surface area is 149 Å². The van der Waals surface area contributed by atoms with Gasteiger partial charge in [-0.05, 0) is 42.8 Å². The van der Waals surface area contributed by atoms with E-state index in [0.717, 1.165) is 56.8 Å². The normalized spacial score (nSPS) is 18.2. The molecule has 0 spiro atoms. The van der Waals surface area contributed by atoms with Gasteiger partial charge in [-0.15, -0.1) is 0 Å². The molecule has 0 aromatic heterocycles. The van der Waals surface area contributed by atoms with Crippen LogP contribution in [0.3, 0.4) is 0 Å². The number of quaternary nitrogens is 1. The predicted octanol–water partition coefficient (Wildman–Crippen LogP) is 0.449. The lowest BCUT2D eigenvalue weighted by molar-refractivity contribution is -0.906. The molecule has 2 aliphatic rings. The summed E-state index contributed by atoms with van der Waals surface area (Å²) in [6.07, 6.45) is 2.49. The molecule has 0 radical (unpaired) electrons. The summed E-state index contributed by atoms with van der Waals surface area (Å²) >= 11 is 5.66. The number of benzene rings is 1. The monoisotopic (exact) mass is 350 g/mol. The molecule has 0 bridgehead atoms. The Balaban J connectivity index is 1.47. The molecule has 0 amide bonds. The van der Waals surface area contributed by atoms with Crippen LogP contribution in [0, 0.1) is 0 Å². The van der Waals surface area contributed by atoms with Gasteiger partial charge in [0, 0.05) is 12.6 Å². The smallest absolute Gasteiger partial charge is 0.169 e. The van der Waals surface area contributed by atoms with Crippen LogP contribution >= 0.6 is 12.2 Å². The number of ether oxygens (including phenoxy) is 2. The molecule has 1 saturated carbocycles. The number of thiocarbonyl (C=S) groups is 1. The van der Waals surface area contributed by atoms with E-state index in [1.165, 1.54) is 18.4 Å². The molecule has 5 nitrogen and oxygen atoms in total. The Morgan fingerprint density at radius 1 is 1.29 bits per heavy atom. The zero-order valence-electron chi connectivity index (χ0n) is 14.4. The minimum absolute atomic E-state index is 0.600. The van der Waals surface area contributed by atoms with Crippen molar-refractivity contribution in [1.82, 2.24) is 10.2 Å². The average molecular weight is 351 g/mol. The summed E-state index contributed by atoms with van der Waals surface area (Å²) in [6.45, 7) is 6.87. The minimum atomic E-state index is 0.600. The highest BCUT2D eigenvalue weighted by molar-refractivity contribution is 7.80. The lowest BCUT2D eigenvalue weighted by Gasteiger charge is -2.27. The van der Waals surface area contributed by atoms with E-state index in [0.29, 0.717) is 6.04 Å². The summed E-state index contributed by atoms with van der Waals surface area (Å²) in [4.78, 5) is 3.94. The SMILES string of the molecule is COc1ccc(CN(C(=S)NCC[NH+]2CCOCC2)C2CC2)cc1. The van der Waals surface area contributed by atoms with E-state index in [2.05, 4.69) is 22.3 Å². The molecule has 0 unspecified atom stereocenters. The van der Waals surface area contributed by atoms with Crippen molar-refractivity contribution in [3.05, 3.63) is 29.8 Å². The van der Waals surface area contributed by atoms with E-state index < -0.39 is 0 Å². The summed E-state index contributed by atoms with van der Waals surface area (Å²) in [5.41, 5.74) is 1.27. The number of nitrogens with one attached hydrogen (secondary N) is 2. The summed E-state index contributed by atoms with van der Waals surface area (Å²) in [6, 6.07) is 8.86. The number of methoxy groups -OCH3 is 1. The van der Waals surface area contributed by atoms with Crippen molar-refractivity contribution in [3.8, 4) is 5.75 Å². The Kier molecular flexibility index (Phi) is 6.29. The lowest BCUT2D eigenvalue weighted by Crippen LogP contribution is -3.14. The first-order valence-electron chi connectivity index (χ1n) is 8.85. The summed E-state index contributed by atoms with van der Waals surface area (Å²) < 4.78 is 10.6. The third-order valence-corrected chi connectivity index (χ3v) is 5.09. The summed E-state index contributed by atoms with van der Waals surface area (Å²) in [5.74, 6) is 0.894. The van der Waals surface area contributed by atoms with Crippen LogP contribution in [0.2, 0.25) is 0 Å². The summed E-state index contributed by atoms with van der Waals surface area (Å²) in [7, 11) is 1.70. The highest BCUT2D eigenvalue weighted by Gasteiger charge is 2.30. The maximum absolute atomic E-state index is 5.66. The highest BCUT2D eigenvalue weighted by atomic mass is 32.1. The van der Waals surface area contributed by atoms with Crippen LogP contribution in [0.1, 0.15) is 18.4 Å². The van der Waals surface area contributed by atoms with Crippen molar-refractivity contribution in [2.45, 2.75) is 25.4 Å². The van der Waals surface area contributed by atoms with Gasteiger partial charge in [-0.2, -0.15) is 0 Å². The van der Waals surface area contributed by atoms with Crippen LogP contribution in [0.25, 0.3) is 0 Å². The molecule has 1 saturated heterocycles. The number of morpholine rings is 1. The van der Waals surface area contributed by atoms with Crippen molar-refractivity contribution in [3.63, 3.8) is 0 Å². The molecule has 1 aromatic rings. The van der Waals surface area contributed by atoms with Gasteiger partial charge < -0.3 is 24.6 Å². The van der Waals surface area contributed by atoms with Gasteiger partial charge in [0.15, 0.2) is 5.11 Å². The molecule has 1 aliphatic heterocycles. The fraction of sp³-hybridized carbons (Fsp3) is 0.611. The molecule has 24 heavy (non-hydrogen) atoms. The molecule has 1 aliphatic carbocycles. The zero-order chi connectivity index (χ0) is 16.8. The van der Waals surface area contributed by atoms with Gasteiger partial charge in [-0.3, -0.25) is 0 Å². The Hall–Kier alpha value is -1.37. The number of hydrogen-bond acceptors (Lipinski definition) is 3.